The van der Waals surface area contributed by atoms with Crippen LogP contribution in [0.25, 0.3) is 0 Å². The SMILES string of the molecule is C=C(C)C(=O)OC12CC3CC(CC(OCC(=O)OCC(F)(F)C(F)(F)C(F)(F)F)(C3)C1)C2. The molecule has 0 aliphatic heterocycles. The van der Waals surface area contributed by atoms with Crippen molar-refractivity contribution in [2.45, 2.75) is 74.7 Å². The first-order chi connectivity index (χ1) is 14.5. The van der Waals surface area contributed by atoms with E-state index < -0.39 is 54.4 Å². The molecule has 0 heterocycles. The minimum Gasteiger partial charge on any atom is -0.457 e. The molecule has 32 heavy (non-hydrogen) atoms. The Morgan fingerprint density at radius 1 is 0.969 bits per heavy atom. The Morgan fingerprint density at radius 3 is 2.00 bits per heavy atom. The van der Waals surface area contributed by atoms with E-state index in [4.69, 9.17) is 9.47 Å². The highest BCUT2D eigenvalue weighted by atomic mass is 19.4. The van der Waals surface area contributed by atoms with Gasteiger partial charge in [-0.05, 0) is 50.9 Å². The lowest BCUT2D eigenvalue weighted by atomic mass is 9.52. The van der Waals surface area contributed by atoms with E-state index in [-0.39, 0.29) is 23.8 Å². The van der Waals surface area contributed by atoms with Gasteiger partial charge in [0.15, 0.2) is 6.61 Å². The molecule has 4 aliphatic rings. The minimum atomic E-state index is -6.51. The first-order valence-corrected chi connectivity index (χ1v) is 10.0. The largest absolute Gasteiger partial charge is 0.460 e. The lowest BCUT2D eigenvalue weighted by Crippen LogP contribution is -2.61. The molecular weight excluding hydrogens is 453 g/mol. The van der Waals surface area contributed by atoms with Crippen LogP contribution in [0.1, 0.15) is 45.4 Å². The molecule has 5 nitrogen and oxygen atoms in total. The Hall–Kier alpha value is -1.85. The molecule has 2 unspecified atom stereocenters. The molecule has 4 saturated carbocycles. The highest BCUT2D eigenvalue weighted by Crippen LogP contribution is 2.60. The van der Waals surface area contributed by atoms with E-state index in [0.29, 0.717) is 25.7 Å². The number of alkyl halides is 7. The van der Waals surface area contributed by atoms with Crippen molar-refractivity contribution in [3.05, 3.63) is 12.2 Å². The summed E-state index contributed by atoms with van der Waals surface area (Å²) in [6.07, 6.45) is -3.12. The van der Waals surface area contributed by atoms with Crippen molar-refractivity contribution in [1.82, 2.24) is 0 Å². The summed E-state index contributed by atoms with van der Waals surface area (Å²) in [5.74, 6) is -13.8. The van der Waals surface area contributed by atoms with Crippen LogP contribution in [0.15, 0.2) is 12.2 Å². The number of esters is 2. The van der Waals surface area contributed by atoms with E-state index in [0.717, 1.165) is 6.42 Å². The third-order valence-electron chi connectivity index (χ3n) is 6.34. The van der Waals surface area contributed by atoms with E-state index in [1.54, 1.807) is 0 Å². The maximum atomic E-state index is 13.3. The summed E-state index contributed by atoms with van der Waals surface area (Å²) in [7, 11) is 0. The normalized spacial score (nSPS) is 32.0. The zero-order valence-corrected chi connectivity index (χ0v) is 17.2. The van der Waals surface area contributed by atoms with Gasteiger partial charge in [0.1, 0.15) is 12.2 Å². The lowest BCUT2D eigenvalue weighted by molar-refractivity contribution is -0.360. The number of halogens is 7. The van der Waals surface area contributed by atoms with Crippen molar-refractivity contribution in [2.75, 3.05) is 13.2 Å². The summed E-state index contributed by atoms with van der Waals surface area (Å²) in [6, 6.07) is 0. The molecule has 0 aromatic rings. The van der Waals surface area contributed by atoms with Gasteiger partial charge in [-0.1, -0.05) is 6.58 Å². The van der Waals surface area contributed by atoms with Crippen molar-refractivity contribution >= 4 is 11.9 Å². The molecule has 0 amide bonds. The van der Waals surface area contributed by atoms with Crippen molar-refractivity contribution < 1.29 is 54.5 Å². The number of carbonyl (C=O) groups is 2. The number of ether oxygens (including phenoxy) is 3. The molecule has 4 fully saturated rings. The Bertz CT molecular complexity index is 778. The molecule has 4 bridgehead atoms. The zero-order chi connectivity index (χ0) is 24.2. The van der Waals surface area contributed by atoms with Crippen molar-refractivity contribution in [2.24, 2.45) is 11.8 Å². The fourth-order valence-electron chi connectivity index (χ4n) is 5.39. The number of rotatable bonds is 8. The number of carbonyl (C=O) groups excluding carboxylic acids is 2. The van der Waals surface area contributed by atoms with E-state index in [1.807, 2.05) is 0 Å². The van der Waals surface area contributed by atoms with Gasteiger partial charge in [0.2, 0.25) is 0 Å². The molecule has 4 rings (SSSR count). The van der Waals surface area contributed by atoms with Crippen molar-refractivity contribution in [3.63, 3.8) is 0 Å². The molecule has 0 aromatic heterocycles. The maximum absolute atomic E-state index is 13.3. The second-order valence-electron chi connectivity index (χ2n) is 9.22. The molecule has 0 spiro atoms. The molecule has 0 radical (unpaired) electrons. The van der Waals surface area contributed by atoms with Crippen molar-refractivity contribution in [1.29, 1.82) is 0 Å². The van der Waals surface area contributed by atoms with Crippen LogP contribution >= 0.6 is 0 Å². The number of hydrogen-bond donors (Lipinski definition) is 0. The summed E-state index contributed by atoms with van der Waals surface area (Å²) in [6.45, 7) is 1.70. The molecule has 0 aromatic carbocycles. The highest BCUT2D eigenvalue weighted by Gasteiger charge is 2.73. The average Bonchev–Trinajstić information content (AvgIpc) is 2.62. The number of hydrogen-bond acceptors (Lipinski definition) is 5. The third-order valence-corrected chi connectivity index (χ3v) is 6.34. The van der Waals surface area contributed by atoms with Gasteiger partial charge < -0.3 is 14.2 Å². The Kier molecular flexibility index (Phi) is 6.10. The maximum Gasteiger partial charge on any atom is 0.460 e. The molecule has 12 heteroatoms. The quantitative estimate of drug-likeness (QED) is 0.291. The van der Waals surface area contributed by atoms with Crippen LogP contribution in [0.2, 0.25) is 0 Å². The summed E-state index contributed by atoms with van der Waals surface area (Å²) in [5, 5.41) is 0. The predicted octanol–water partition coefficient (Wildman–Crippen LogP) is 4.59. The average molecular weight is 476 g/mol. The van der Waals surface area contributed by atoms with E-state index >= 15 is 0 Å². The van der Waals surface area contributed by atoms with Crippen molar-refractivity contribution in [3.8, 4) is 0 Å². The van der Waals surface area contributed by atoms with Gasteiger partial charge >= 0.3 is 30.0 Å². The topological polar surface area (TPSA) is 61.8 Å². The van der Waals surface area contributed by atoms with Crippen LogP contribution in [0.3, 0.4) is 0 Å². The fraction of sp³-hybridized carbons (Fsp3) is 0.800. The molecule has 0 N–H and O–H groups in total. The molecule has 0 saturated heterocycles. The van der Waals surface area contributed by atoms with Crippen LogP contribution in [0.4, 0.5) is 30.7 Å². The van der Waals surface area contributed by atoms with E-state index in [9.17, 15) is 40.3 Å². The van der Waals surface area contributed by atoms with Crippen LogP contribution in [-0.2, 0) is 23.8 Å². The Morgan fingerprint density at radius 2 is 1.50 bits per heavy atom. The van der Waals surface area contributed by atoms with E-state index in [2.05, 4.69) is 11.3 Å². The summed E-state index contributed by atoms with van der Waals surface area (Å²) in [5.41, 5.74) is -1.50. The Balaban J connectivity index is 1.60. The van der Waals surface area contributed by atoms with Gasteiger partial charge in [-0.25, -0.2) is 9.59 Å². The summed E-state index contributed by atoms with van der Waals surface area (Å²) in [4.78, 5) is 23.9. The smallest absolute Gasteiger partial charge is 0.457 e. The molecular formula is C20H23F7O5. The van der Waals surface area contributed by atoms with Crippen LogP contribution in [-0.4, -0.2) is 54.4 Å². The standard InChI is InChI=1S/C20H23F7O5/c1-11(2)15(29)32-17-6-12-3-13(7-17)5-16(4-12,9-17)31-8-14(28)30-10-18(21,22)19(23,24)20(25,26)27/h12-13H,1,3-10H2,2H3. The summed E-state index contributed by atoms with van der Waals surface area (Å²) < 4.78 is 104. The monoisotopic (exact) mass is 476 g/mol. The third kappa shape index (κ3) is 4.60. The highest BCUT2D eigenvalue weighted by molar-refractivity contribution is 5.87. The van der Waals surface area contributed by atoms with Crippen LogP contribution in [0, 0.1) is 11.8 Å². The van der Waals surface area contributed by atoms with Gasteiger partial charge in [-0.3, -0.25) is 0 Å². The van der Waals surface area contributed by atoms with Crippen LogP contribution in [0.5, 0.6) is 0 Å². The molecule has 182 valence electrons. The molecule has 2 atom stereocenters. The first-order valence-electron chi connectivity index (χ1n) is 10.0. The van der Waals surface area contributed by atoms with E-state index in [1.165, 1.54) is 6.92 Å². The summed E-state index contributed by atoms with van der Waals surface area (Å²) >= 11 is 0. The second kappa shape index (κ2) is 7.88. The van der Waals surface area contributed by atoms with Gasteiger partial charge in [0.25, 0.3) is 0 Å². The Labute approximate surface area is 179 Å². The van der Waals surface area contributed by atoms with Gasteiger partial charge in [0.05, 0.1) is 5.60 Å². The van der Waals surface area contributed by atoms with Crippen LogP contribution < -0.4 is 0 Å². The minimum absolute atomic E-state index is 0.139. The molecule has 4 aliphatic carbocycles. The van der Waals surface area contributed by atoms with Gasteiger partial charge in [-0.2, -0.15) is 30.7 Å². The second-order valence-corrected chi connectivity index (χ2v) is 9.22. The fourth-order valence-corrected chi connectivity index (χ4v) is 5.39. The zero-order valence-electron chi connectivity index (χ0n) is 17.2. The van der Waals surface area contributed by atoms with Gasteiger partial charge in [-0.15, -0.1) is 0 Å². The predicted molar refractivity (Wildman–Crippen MR) is 93.9 cm³/mol. The first kappa shape index (κ1) is 24.8. The lowest BCUT2D eigenvalue weighted by Gasteiger charge is -2.60. The van der Waals surface area contributed by atoms with Gasteiger partial charge in [0, 0.05) is 12.0 Å².